The van der Waals surface area contributed by atoms with Gasteiger partial charge in [-0.3, -0.25) is 0 Å². The minimum Gasteiger partial charge on any atom is -0.340 e. The van der Waals surface area contributed by atoms with E-state index in [-0.39, 0.29) is 0 Å². The fourth-order valence-electron chi connectivity index (χ4n) is 17.5. The second-order valence-electron chi connectivity index (χ2n) is 30.3. The van der Waals surface area contributed by atoms with Crippen LogP contribution < -0.4 is 29.4 Å². The summed E-state index contributed by atoms with van der Waals surface area (Å²) in [5.41, 5.74) is 26.6. The number of aromatic nitrogens is 1. The molecule has 0 aliphatic carbocycles. The fourth-order valence-corrected chi connectivity index (χ4v) is 17.5. The molecule has 0 saturated heterocycles. The van der Waals surface area contributed by atoms with Gasteiger partial charge in [-0.15, -0.1) is 0 Å². The van der Waals surface area contributed by atoms with Crippen molar-refractivity contribution in [3.05, 3.63) is 447 Å². The second-order valence-corrected chi connectivity index (χ2v) is 30.3. The monoisotopic (exact) mass is 1490 g/mol. The van der Waals surface area contributed by atoms with Crippen molar-refractivity contribution in [2.75, 3.05) is 29.4 Å². The summed E-state index contributed by atoms with van der Waals surface area (Å²) in [4.78, 5) is 14.4. The number of rotatable bonds is 21. The van der Waals surface area contributed by atoms with E-state index >= 15 is 0 Å². The molecule has 0 atom stereocenters. The first-order valence-electron chi connectivity index (χ1n) is 40.1. The van der Waals surface area contributed by atoms with Gasteiger partial charge < -0.3 is 34.0 Å². The van der Waals surface area contributed by atoms with Gasteiger partial charge in [0.15, 0.2) is 0 Å². The minimum atomic E-state index is 0.731. The van der Waals surface area contributed by atoms with Crippen LogP contribution in [0.2, 0.25) is 0 Å². The van der Waals surface area contributed by atoms with Crippen LogP contribution in [0.1, 0.15) is 22.3 Å². The van der Waals surface area contributed by atoms with E-state index in [0.29, 0.717) is 0 Å². The predicted molar refractivity (Wildman–Crippen MR) is 493 cm³/mol. The van der Waals surface area contributed by atoms with E-state index in [0.717, 1.165) is 115 Å². The highest BCUT2D eigenvalue weighted by Crippen LogP contribution is 2.49. The lowest BCUT2D eigenvalue weighted by molar-refractivity contribution is 0.745. The number of nitrogens with zero attached hydrogens (tertiary/aromatic N) is 7. The van der Waals surface area contributed by atoms with Crippen LogP contribution in [0.5, 0.6) is 0 Å². The van der Waals surface area contributed by atoms with Crippen molar-refractivity contribution in [2.45, 2.75) is 33.7 Å². The smallest absolute Gasteiger partial charge is 0.0540 e. The molecule has 7 nitrogen and oxygen atoms in total. The Balaban J connectivity index is 0.685. The molecule has 20 rings (SSSR count). The second kappa shape index (κ2) is 30.3. The average molecular weight is 1490 g/mol. The molecule has 20 aromatic rings. The van der Waals surface area contributed by atoms with Crippen LogP contribution in [-0.2, 0) is 13.0 Å². The molecule has 116 heavy (non-hydrogen) atoms. The van der Waals surface area contributed by atoms with Crippen LogP contribution in [-0.4, -0.2) is 4.57 Å². The molecule has 0 fully saturated rings. The SMILES string of the molecule is Cc1cccc(N(c2ccccc2)c2ccc(N(c3ccc(N(c4ccccc4)c4cccc(C)c4)cc3)c3ccc(N(c4cccc(C)c4)c4cccc(CCn5c6ccc(N(c7ccccc7)c7cccc8ccccc78)cc6c6cc(N(c7ccccc7)c7ccc8ccc9cccc%10ccc7c8c9%10)ccc65)c4)cc3)cc2)c1. The van der Waals surface area contributed by atoms with Gasteiger partial charge in [-0.05, 0) is 300 Å². The van der Waals surface area contributed by atoms with Crippen LogP contribution in [0.4, 0.5) is 102 Å². The van der Waals surface area contributed by atoms with Gasteiger partial charge >= 0.3 is 0 Å². The highest BCUT2D eigenvalue weighted by Gasteiger charge is 2.26. The number of aryl methyl sites for hydroxylation is 5. The Hall–Kier alpha value is -14.9. The molecule has 0 unspecified atom stereocenters. The maximum Gasteiger partial charge on any atom is 0.0540 e. The first-order chi connectivity index (χ1) is 57.2. The Morgan fingerprint density at radius 3 is 0.948 bits per heavy atom. The van der Waals surface area contributed by atoms with Gasteiger partial charge in [0, 0.05) is 130 Å². The number of anilines is 18. The number of hydrogen-bond donors (Lipinski definition) is 0. The lowest BCUT2D eigenvalue weighted by Gasteiger charge is -2.30. The highest BCUT2D eigenvalue weighted by atomic mass is 15.2. The molecule has 0 spiro atoms. The molecule has 0 saturated carbocycles. The summed E-state index contributed by atoms with van der Waals surface area (Å²) in [6.07, 6.45) is 0.774. The van der Waals surface area contributed by atoms with Crippen LogP contribution in [0.25, 0.3) is 64.9 Å². The summed E-state index contributed by atoms with van der Waals surface area (Å²) >= 11 is 0. The van der Waals surface area contributed by atoms with Crippen LogP contribution in [0, 0.1) is 20.8 Å². The van der Waals surface area contributed by atoms with E-state index in [1.165, 1.54) is 87.1 Å². The van der Waals surface area contributed by atoms with E-state index in [2.05, 4.69) is 479 Å². The average Bonchev–Trinajstić information content (AvgIpc) is 1.28. The van der Waals surface area contributed by atoms with Crippen molar-refractivity contribution in [3.63, 3.8) is 0 Å². The van der Waals surface area contributed by atoms with Gasteiger partial charge in [-0.2, -0.15) is 0 Å². The third kappa shape index (κ3) is 13.3. The molecule has 1 aromatic heterocycles. The first kappa shape index (κ1) is 70.2. The number of benzene rings is 19. The summed E-state index contributed by atoms with van der Waals surface area (Å²) in [5.74, 6) is 0. The van der Waals surface area contributed by atoms with Gasteiger partial charge in [0.2, 0.25) is 0 Å². The van der Waals surface area contributed by atoms with Crippen molar-refractivity contribution in [1.82, 2.24) is 4.57 Å². The van der Waals surface area contributed by atoms with E-state index in [1.807, 2.05) is 0 Å². The predicted octanol–water partition coefficient (Wildman–Crippen LogP) is 30.8. The zero-order chi connectivity index (χ0) is 77.6. The summed E-state index contributed by atoms with van der Waals surface area (Å²) in [5, 5.41) is 12.3. The largest absolute Gasteiger partial charge is 0.340 e. The van der Waals surface area contributed by atoms with Gasteiger partial charge in [0.1, 0.15) is 0 Å². The third-order valence-corrected chi connectivity index (χ3v) is 22.8. The molecule has 19 aromatic carbocycles. The molecule has 0 aliphatic heterocycles. The van der Waals surface area contributed by atoms with E-state index < -0.39 is 0 Å². The lowest BCUT2D eigenvalue weighted by atomic mass is 9.93. The summed E-state index contributed by atoms with van der Waals surface area (Å²) in [6.45, 7) is 7.22. The number of para-hydroxylation sites is 4. The standard InChI is InChI=1S/C109H83N7/c1-76-24-18-40-94(70-76)112(84-32-8-4-9-33-84)91-56-50-88(51-57-91)111(89-52-58-92(59-53-89)113(85-34-10-5-11-35-85)95-41-19-25-77(2)71-95)90-54-60-93(61-55-90)114(96-42-20-26-78(3)72-96)97-43-21-27-79(73-97)68-69-110-104-66-62-98(115(86-36-12-6-13-37-86)106-45-23-29-80-28-16-17-44-100(80)106)74-102(104)103-75-99(63-67-105(103)110)116(87-38-14-7-15-39-87)107-65-49-83-47-46-81-30-22-31-82-48-64-101(107)109(83)108(81)82/h4-67,70-75H,68-69H2,1-3H3. The van der Waals surface area contributed by atoms with Gasteiger partial charge in [-0.25, -0.2) is 0 Å². The minimum absolute atomic E-state index is 0.731. The van der Waals surface area contributed by atoms with Crippen LogP contribution >= 0.6 is 0 Å². The van der Waals surface area contributed by atoms with Crippen molar-refractivity contribution in [2.24, 2.45) is 0 Å². The Bertz CT molecular complexity index is 6790. The Kier molecular flexibility index (Phi) is 18.3. The summed E-state index contributed by atoms with van der Waals surface area (Å²) < 4.78 is 2.56. The molecule has 0 amide bonds. The van der Waals surface area contributed by atoms with E-state index in [9.17, 15) is 0 Å². The van der Waals surface area contributed by atoms with Crippen molar-refractivity contribution in [1.29, 1.82) is 0 Å². The quantitative estimate of drug-likeness (QED) is 0.0665. The van der Waals surface area contributed by atoms with Gasteiger partial charge in [0.25, 0.3) is 0 Å². The lowest BCUT2D eigenvalue weighted by Crippen LogP contribution is -2.14. The Morgan fingerprint density at radius 2 is 0.491 bits per heavy atom. The van der Waals surface area contributed by atoms with E-state index in [4.69, 9.17) is 0 Å². The maximum absolute atomic E-state index is 2.56. The molecule has 554 valence electrons. The van der Waals surface area contributed by atoms with Crippen molar-refractivity contribution >= 4 is 167 Å². The summed E-state index contributed by atoms with van der Waals surface area (Å²) in [6, 6.07) is 156. The third-order valence-electron chi connectivity index (χ3n) is 22.8. The van der Waals surface area contributed by atoms with Crippen molar-refractivity contribution < 1.29 is 0 Å². The molecule has 0 aliphatic rings. The molecule has 0 N–H and O–H groups in total. The van der Waals surface area contributed by atoms with Crippen molar-refractivity contribution in [3.8, 4) is 0 Å². The first-order valence-corrected chi connectivity index (χ1v) is 40.1. The van der Waals surface area contributed by atoms with E-state index in [1.54, 1.807) is 0 Å². The zero-order valence-corrected chi connectivity index (χ0v) is 65.0. The van der Waals surface area contributed by atoms with Crippen LogP contribution in [0.15, 0.2) is 425 Å². The van der Waals surface area contributed by atoms with Gasteiger partial charge in [-0.1, -0.05) is 206 Å². The van der Waals surface area contributed by atoms with Crippen LogP contribution in [0.3, 0.4) is 0 Å². The number of hydrogen-bond acceptors (Lipinski definition) is 6. The summed E-state index contributed by atoms with van der Waals surface area (Å²) in [7, 11) is 0. The maximum atomic E-state index is 2.56. The normalized spacial score (nSPS) is 11.5. The topological polar surface area (TPSA) is 24.4 Å². The molecule has 1 heterocycles. The molecular weight excluding hydrogens is 1410 g/mol. The fraction of sp³-hybridized carbons (Fsp3) is 0.0459. The molecule has 0 radical (unpaired) electrons. The molecular formula is C109H83N7. The Morgan fingerprint density at radius 1 is 0.190 bits per heavy atom. The molecule has 0 bridgehead atoms. The Labute approximate surface area is 677 Å². The van der Waals surface area contributed by atoms with Gasteiger partial charge in [0.05, 0.1) is 11.4 Å². The zero-order valence-electron chi connectivity index (χ0n) is 65.0. The number of fused-ring (bicyclic) bond motifs is 4. The highest BCUT2D eigenvalue weighted by molar-refractivity contribution is 6.26. The molecule has 7 heteroatoms.